The Hall–Kier alpha value is -2.48. The number of piperazine rings is 1. The maximum Gasteiger partial charge on any atom is 0.263 e. The normalized spacial score (nSPS) is 24.1. The summed E-state index contributed by atoms with van der Waals surface area (Å²) in [4.78, 5) is 35.5. The zero-order chi connectivity index (χ0) is 25.8. The van der Waals surface area contributed by atoms with Crippen LogP contribution in [0, 0.1) is 5.41 Å². The fraction of sp³-hybridized carbons (Fsp3) is 0.370. The highest BCUT2D eigenvalue weighted by Gasteiger charge is 2.54. The summed E-state index contributed by atoms with van der Waals surface area (Å²) in [6, 6.07) is 15.4. The molecular weight excluding hydrogens is 515 g/mol. The third-order valence-corrected chi connectivity index (χ3v) is 8.37. The van der Waals surface area contributed by atoms with Crippen LogP contribution in [-0.4, -0.2) is 46.4 Å². The Labute approximate surface area is 225 Å². The van der Waals surface area contributed by atoms with Gasteiger partial charge in [-0.25, -0.2) is 4.99 Å². The quantitative estimate of drug-likeness (QED) is 0.549. The van der Waals surface area contributed by atoms with Gasteiger partial charge in [-0.2, -0.15) is 0 Å². The van der Waals surface area contributed by atoms with E-state index in [0.29, 0.717) is 28.0 Å². The molecule has 0 saturated carbocycles. The van der Waals surface area contributed by atoms with Gasteiger partial charge >= 0.3 is 0 Å². The molecule has 0 unspecified atom stereocenters. The molecule has 3 heterocycles. The molecule has 9 heteroatoms. The lowest BCUT2D eigenvalue weighted by Gasteiger charge is -2.39. The standard InChI is InChI=1S/C27H28Cl2N4O2S/c1-26(2,3)23-21(24(35)32-14-13-30-20(34)15-32)36-25-31-27(4,17-7-11-19(29)12-8-17)22(33(23)25)16-5-9-18(28)10-6-16/h5-12,22H,13-15H2,1-4H3,(H,30,34)/t22-,27+/m1/s1. The number of rotatable bonds is 3. The average Bonchev–Trinajstić information content (AvgIpc) is 3.32. The topological polar surface area (TPSA) is 65.0 Å². The predicted octanol–water partition coefficient (Wildman–Crippen LogP) is 5.58. The van der Waals surface area contributed by atoms with Gasteiger partial charge in [0.05, 0.1) is 12.6 Å². The van der Waals surface area contributed by atoms with Crippen molar-refractivity contribution in [2.75, 3.05) is 19.6 Å². The van der Waals surface area contributed by atoms with Crippen molar-refractivity contribution < 1.29 is 9.59 Å². The molecule has 0 aromatic heterocycles. The third-order valence-electron chi connectivity index (χ3n) is 6.82. The average molecular weight is 544 g/mol. The molecule has 2 aromatic rings. The number of carbonyl (C=O) groups excluding carboxylic acids is 2. The van der Waals surface area contributed by atoms with E-state index in [1.807, 2.05) is 48.5 Å². The summed E-state index contributed by atoms with van der Waals surface area (Å²) >= 11 is 13.9. The van der Waals surface area contributed by atoms with Crippen LogP contribution in [0.2, 0.25) is 10.0 Å². The maximum atomic E-state index is 13.7. The number of hydrogen-bond donors (Lipinski definition) is 1. The van der Waals surface area contributed by atoms with Crippen LogP contribution in [-0.2, 0) is 15.1 Å². The molecule has 1 fully saturated rings. The van der Waals surface area contributed by atoms with Gasteiger partial charge in [0.1, 0.15) is 10.4 Å². The monoisotopic (exact) mass is 542 g/mol. The molecule has 0 spiro atoms. The molecule has 36 heavy (non-hydrogen) atoms. The van der Waals surface area contributed by atoms with Crippen LogP contribution in [0.3, 0.4) is 0 Å². The smallest absolute Gasteiger partial charge is 0.263 e. The van der Waals surface area contributed by atoms with Crippen molar-refractivity contribution in [3.8, 4) is 0 Å². The van der Waals surface area contributed by atoms with Crippen molar-refractivity contribution >= 4 is 51.9 Å². The molecule has 0 bridgehead atoms. The zero-order valence-electron chi connectivity index (χ0n) is 20.6. The first-order chi connectivity index (χ1) is 17.0. The molecule has 1 saturated heterocycles. The highest BCUT2D eigenvalue weighted by molar-refractivity contribution is 8.18. The summed E-state index contributed by atoms with van der Waals surface area (Å²) in [5, 5.41) is 4.90. The van der Waals surface area contributed by atoms with Crippen LogP contribution in [0.15, 0.2) is 64.1 Å². The van der Waals surface area contributed by atoms with Crippen molar-refractivity contribution in [3.05, 3.63) is 80.3 Å². The van der Waals surface area contributed by atoms with Gasteiger partial charge in [0.2, 0.25) is 5.91 Å². The second-order valence-electron chi connectivity index (χ2n) is 10.5. The Bertz CT molecular complexity index is 1280. The van der Waals surface area contributed by atoms with Crippen LogP contribution in [0.1, 0.15) is 44.9 Å². The number of nitrogens with zero attached hydrogens (tertiary/aromatic N) is 3. The molecule has 2 aromatic carbocycles. The second kappa shape index (κ2) is 9.12. The maximum absolute atomic E-state index is 13.7. The molecule has 1 N–H and O–H groups in total. The van der Waals surface area contributed by atoms with Crippen molar-refractivity contribution in [2.45, 2.75) is 39.3 Å². The van der Waals surface area contributed by atoms with Gasteiger partial charge in [0.25, 0.3) is 5.91 Å². The van der Waals surface area contributed by atoms with Crippen molar-refractivity contribution in [2.24, 2.45) is 10.4 Å². The first-order valence-electron chi connectivity index (χ1n) is 11.9. The van der Waals surface area contributed by atoms with Crippen LogP contribution in [0.25, 0.3) is 0 Å². The molecule has 0 radical (unpaired) electrons. The lowest BCUT2D eigenvalue weighted by atomic mass is 9.80. The van der Waals surface area contributed by atoms with Gasteiger partial charge in [-0.1, -0.05) is 68.2 Å². The van der Waals surface area contributed by atoms with Gasteiger partial charge in [-0.3, -0.25) is 9.59 Å². The molecule has 6 nitrogen and oxygen atoms in total. The molecular formula is C27H28Cl2N4O2S. The Morgan fingerprint density at radius 2 is 1.69 bits per heavy atom. The van der Waals surface area contributed by atoms with E-state index in [-0.39, 0.29) is 29.8 Å². The van der Waals surface area contributed by atoms with E-state index in [2.05, 4.69) is 37.9 Å². The molecule has 3 aliphatic heterocycles. The van der Waals surface area contributed by atoms with Gasteiger partial charge in [0.15, 0.2) is 5.17 Å². The van der Waals surface area contributed by atoms with Gasteiger partial charge < -0.3 is 15.1 Å². The molecule has 3 aliphatic rings. The third kappa shape index (κ3) is 4.31. The summed E-state index contributed by atoms with van der Waals surface area (Å²) in [5.74, 6) is -0.261. The van der Waals surface area contributed by atoms with E-state index < -0.39 is 5.54 Å². The number of hydrogen-bond acceptors (Lipinski definition) is 5. The molecule has 2 amide bonds. The van der Waals surface area contributed by atoms with Crippen molar-refractivity contribution in [1.29, 1.82) is 0 Å². The number of carbonyl (C=O) groups is 2. The summed E-state index contributed by atoms with van der Waals surface area (Å²) < 4.78 is 0. The van der Waals surface area contributed by atoms with Gasteiger partial charge in [-0.15, -0.1) is 0 Å². The first kappa shape index (κ1) is 25.2. The van der Waals surface area contributed by atoms with Crippen molar-refractivity contribution in [3.63, 3.8) is 0 Å². The minimum Gasteiger partial charge on any atom is -0.353 e. The van der Waals surface area contributed by atoms with Gasteiger partial charge in [-0.05, 0) is 54.1 Å². The summed E-state index contributed by atoms with van der Waals surface area (Å²) in [5.41, 5.74) is 2.01. The van der Waals surface area contributed by atoms with Crippen LogP contribution >= 0.6 is 35.0 Å². The first-order valence-corrected chi connectivity index (χ1v) is 13.5. The molecule has 5 rings (SSSR count). The number of allylic oxidation sites excluding steroid dienone is 1. The van der Waals surface area contributed by atoms with E-state index >= 15 is 0 Å². The van der Waals surface area contributed by atoms with E-state index in [1.54, 1.807) is 4.90 Å². The number of nitrogens with one attached hydrogen (secondary N) is 1. The van der Waals surface area contributed by atoms with Crippen LogP contribution in [0.4, 0.5) is 0 Å². The van der Waals surface area contributed by atoms with E-state index in [4.69, 9.17) is 28.2 Å². The fourth-order valence-corrected chi connectivity index (χ4v) is 6.83. The summed E-state index contributed by atoms with van der Waals surface area (Å²) in [6.45, 7) is 9.46. The molecule has 0 aliphatic carbocycles. The highest BCUT2D eigenvalue weighted by atomic mass is 35.5. The highest BCUT2D eigenvalue weighted by Crippen LogP contribution is 2.58. The number of thioether (sulfide) groups is 1. The summed E-state index contributed by atoms with van der Waals surface area (Å²) in [6.07, 6.45) is 0. The number of fused-ring (bicyclic) bond motifs is 1. The number of amidine groups is 1. The van der Waals surface area contributed by atoms with Crippen LogP contribution < -0.4 is 5.32 Å². The minimum atomic E-state index is -0.628. The SMILES string of the molecule is CC(C)(C)C1=C(C(=O)N2CCNC(=O)C2)SC2=N[C@@](C)(c3ccc(Cl)cc3)[C@@H](c3ccc(Cl)cc3)N21. The number of aliphatic imine (C=N–C) groups is 1. The van der Waals surface area contributed by atoms with Crippen LogP contribution in [0.5, 0.6) is 0 Å². The molecule has 2 atom stereocenters. The van der Waals surface area contributed by atoms with E-state index in [1.165, 1.54) is 11.8 Å². The number of halogens is 2. The Balaban J connectivity index is 1.65. The number of amides is 2. The zero-order valence-corrected chi connectivity index (χ0v) is 23.0. The Morgan fingerprint density at radius 1 is 1.08 bits per heavy atom. The largest absolute Gasteiger partial charge is 0.353 e. The number of benzene rings is 2. The minimum absolute atomic E-state index is 0.0654. The lowest BCUT2D eigenvalue weighted by Crippen LogP contribution is -2.50. The van der Waals surface area contributed by atoms with E-state index in [0.717, 1.165) is 22.0 Å². The fourth-order valence-electron chi connectivity index (χ4n) is 5.15. The van der Waals surface area contributed by atoms with E-state index in [9.17, 15) is 9.59 Å². The second-order valence-corrected chi connectivity index (χ2v) is 12.3. The Kier molecular flexibility index (Phi) is 6.38. The molecule has 188 valence electrons. The Morgan fingerprint density at radius 3 is 2.28 bits per heavy atom. The summed E-state index contributed by atoms with van der Waals surface area (Å²) in [7, 11) is 0. The lowest BCUT2D eigenvalue weighted by molar-refractivity contribution is -0.135. The predicted molar refractivity (Wildman–Crippen MR) is 146 cm³/mol. The van der Waals surface area contributed by atoms with Gasteiger partial charge in [0, 0.05) is 34.2 Å². The van der Waals surface area contributed by atoms with Crippen molar-refractivity contribution in [1.82, 2.24) is 15.1 Å².